The molecule has 0 fully saturated rings. The lowest BCUT2D eigenvalue weighted by molar-refractivity contribution is 0.352. The molecule has 0 rings (SSSR count). The van der Waals surface area contributed by atoms with Crippen molar-refractivity contribution in [2.45, 2.75) is 60.8 Å². The van der Waals surface area contributed by atoms with E-state index in [0.717, 1.165) is 11.8 Å². The van der Waals surface area contributed by atoms with E-state index in [1.165, 1.54) is 19.3 Å². The molecule has 0 aromatic heterocycles. The van der Waals surface area contributed by atoms with E-state index in [1.807, 2.05) is 13.8 Å². The summed E-state index contributed by atoms with van der Waals surface area (Å²) in [5.41, 5.74) is 0. The molecule has 2 atom stereocenters. The van der Waals surface area contributed by atoms with Crippen LogP contribution in [0.25, 0.3) is 0 Å². The Hall–Kier alpha value is 0. The van der Waals surface area contributed by atoms with E-state index in [0.29, 0.717) is 0 Å². The molecule has 0 spiro atoms. The van der Waals surface area contributed by atoms with Crippen molar-refractivity contribution in [2.24, 2.45) is 11.8 Å². The fourth-order valence-electron chi connectivity index (χ4n) is 1.14. The lowest BCUT2D eigenvalue weighted by atomic mass is 9.90. The van der Waals surface area contributed by atoms with Crippen LogP contribution in [-0.2, 0) is 0 Å². The first-order valence-corrected chi connectivity index (χ1v) is 5.22. The maximum absolute atomic E-state index is 2.36. The van der Waals surface area contributed by atoms with Crippen molar-refractivity contribution in [1.29, 1.82) is 0 Å². The van der Waals surface area contributed by atoms with Crippen LogP contribution in [0.4, 0.5) is 0 Å². The van der Waals surface area contributed by atoms with Crippen molar-refractivity contribution < 1.29 is 0 Å². The molecule has 0 heteroatoms. The van der Waals surface area contributed by atoms with Gasteiger partial charge in [-0.05, 0) is 11.8 Å². The summed E-state index contributed by atoms with van der Waals surface area (Å²) in [6.45, 7) is 13.2. The third-order valence-corrected chi connectivity index (χ3v) is 2.36. The van der Waals surface area contributed by atoms with Gasteiger partial charge in [0.05, 0.1) is 0 Å². The highest BCUT2D eigenvalue weighted by Crippen LogP contribution is 2.18. The van der Waals surface area contributed by atoms with Crippen LogP contribution in [0.5, 0.6) is 0 Å². The van der Waals surface area contributed by atoms with Crippen molar-refractivity contribution in [3.05, 3.63) is 0 Å². The summed E-state index contributed by atoms with van der Waals surface area (Å²) in [4.78, 5) is 0. The minimum Gasteiger partial charge on any atom is -0.0683 e. The lowest BCUT2D eigenvalue weighted by Crippen LogP contribution is -2.05. The van der Waals surface area contributed by atoms with Gasteiger partial charge in [-0.3, -0.25) is 0 Å². The molecular formula is C11H26. The van der Waals surface area contributed by atoms with Crippen LogP contribution in [-0.4, -0.2) is 0 Å². The van der Waals surface area contributed by atoms with E-state index in [4.69, 9.17) is 0 Å². The fourth-order valence-corrected chi connectivity index (χ4v) is 1.14. The highest BCUT2D eigenvalue weighted by molar-refractivity contribution is 4.58. The van der Waals surface area contributed by atoms with Crippen molar-refractivity contribution in [2.75, 3.05) is 0 Å². The highest BCUT2D eigenvalue weighted by atomic mass is 14.1. The number of hydrogen-bond acceptors (Lipinski definition) is 0. The Balaban J connectivity index is 0. The predicted octanol–water partition coefficient (Wildman–Crippen LogP) is 4.49. The molecule has 0 N–H and O–H groups in total. The molecule has 0 saturated carbocycles. The Morgan fingerprint density at radius 1 is 0.909 bits per heavy atom. The summed E-state index contributed by atoms with van der Waals surface area (Å²) < 4.78 is 0. The number of rotatable bonds is 4. The summed E-state index contributed by atoms with van der Waals surface area (Å²) in [5.74, 6) is 1.85. The third kappa shape index (κ3) is 7.90. The third-order valence-electron chi connectivity index (χ3n) is 2.36. The molecule has 0 radical (unpaired) electrons. The maximum Gasteiger partial charge on any atom is -0.0417 e. The first kappa shape index (κ1) is 13.6. The summed E-state index contributed by atoms with van der Waals surface area (Å²) in [5, 5.41) is 0. The fraction of sp³-hybridized carbons (Fsp3) is 1.00. The van der Waals surface area contributed by atoms with Crippen LogP contribution in [0, 0.1) is 11.8 Å². The molecule has 0 aromatic carbocycles. The molecular weight excluding hydrogens is 132 g/mol. The van der Waals surface area contributed by atoms with Gasteiger partial charge in [0.25, 0.3) is 0 Å². The van der Waals surface area contributed by atoms with Crippen LogP contribution in [0.15, 0.2) is 0 Å². The van der Waals surface area contributed by atoms with E-state index in [1.54, 1.807) is 0 Å². The van der Waals surface area contributed by atoms with E-state index in [-0.39, 0.29) is 0 Å². The van der Waals surface area contributed by atoms with Crippen LogP contribution in [0.2, 0.25) is 0 Å². The van der Waals surface area contributed by atoms with Gasteiger partial charge in [0.15, 0.2) is 0 Å². The Labute approximate surface area is 73.4 Å². The van der Waals surface area contributed by atoms with Gasteiger partial charge in [-0.2, -0.15) is 0 Å². The summed E-state index contributed by atoms with van der Waals surface area (Å²) in [6, 6.07) is 0. The number of hydrogen-bond donors (Lipinski definition) is 0. The van der Waals surface area contributed by atoms with E-state index < -0.39 is 0 Å². The molecule has 1 unspecified atom stereocenters. The van der Waals surface area contributed by atoms with Gasteiger partial charge < -0.3 is 0 Å². The molecule has 0 aliphatic rings. The Kier molecular flexibility index (Phi) is 12.3. The average Bonchev–Trinajstić information content (AvgIpc) is 2.07. The largest absolute Gasteiger partial charge is 0.0683 e. The minimum absolute atomic E-state index is 0.921. The second-order valence-corrected chi connectivity index (χ2v) is 3.15. The van der Waals surface area contributed by atoms with Gasteiger partial charge in [0.2, 0.25) is 0 Å². The molecule has 0 nitrogen and oxygen atoms in total. The van der Waals surface area contributed by atoms with Gasteiger partial charge in [-0.25, -0.2) is 0 Å². The van der Waals surface area contributed by atoms with Crippen LogP contribution in [0.3, 0.4) is 0 Å². The lowest BCUT2D eigenvalue weighted by Gasteiger charge is -2.16. The topological polar surface area (TPSA) is 0 Å². The monoisotopic (exact) mass is 158 g/mol. The van der Waals surface area contributed by atoms with E-state index in [9.17, 15) is 0 Å². The van der Waals surface area contributed by atoms with Gasteiger partial charge >= 0.3 is 0 Å². The molecule has 0 aliphatic heterocycles. The summed E-state index contributed by atoms with van der Waals surface area (Å²) >= 11 is 0. The highest BCUT2D eigenvalue weighted by Gasteiger charge is 2.07. The van der Waals surface area contributed by atoms with Crippen molar-refractivity contribution in [1.82, 2.24) is 0 Å². The molecule has 0 heterocycles. The minimum atomic E-state index is 0.921. The van der Waals surface area contributed by atoms with Crippen molar-refractivity contribution >= 4 is 0 Å². The standard InChI is InChI=1S/C9H20.C2H6/c1-5-7-9(4)8(3)6-2;1-2/h8-9H,5-7H2,1-4H3;1-2H3/t8-,9?;/m0./s1. The SMILES string of the molecule is CC.CCCC(C)[C@@H](C)CC. The first-order chi connectivity index (χ1) is 5.22. The molecule has 0 aliphatic carbocycles. The van der Waals surface area contributed by atoms with Gasteiger partial charge in [0, 0.05) is 0 Å². The molecule has 0 bridgehead atoms. The van der Waals surface area contributed by atoms with E-state index >= 15 is 0 Å². The Morgan fingerprint density at radius 3 is 1.64 bits per heavy atom. The average molecular weight is 158 g/mol. The normalized spacial score (nSPS) is 14.7. The molecule has 0 amide bonds. The summed E-state index contributed by atoms with van der Waals surface area (Å²) in [6.07, 6.45) is 4.07. The van der Waals surface area contributed by atoms with Crippen molar-refractivity contribution in [3.63, 3.8) is 0 Å². The second kappa shape index (κ2) is 10.0. The Bertz CT molecular complexity index is 57.1. The quantitative estimate of drug-likeness (QED) is 0.565. The smallest absolute Gasteiger partial charge is 0.0417 e. The molecule has 11 heavy (non-hydrogen) atoms. The molecule has 0 aromatic rings. The van der Waals surface area contributed by atoms with Gasteiger partial charge in [-0.15, -0.1) is 0 Å². The van der Waals surface area contributed by atoms with Crippen LogP contribution < -0.4 is 0 Å². The predicted molar refractivity (Wildman–Crippen MR) is 54.9 cm³/mol. The zero-order valence-corrected chi connectivity index (χ0v) is 9.28. The zero-order valence-electron chi connectivity index (χ0n) is 9.28. The van der Waals surface area contributed by atoms with Gasteiger partial charge in [0.1, 0.15) is 0 Å². The van der Waals surface area contributed by atoms with E-state index in [2.05, 4.69) is 27.7 Å². The zero-order chi connectivity index (χ0) is 9.28. The second-order valence-electron chi connectivity index (χ2n) is 3.15. The van der Waals surface area contributed by atoms with Crippen LogP contribution in [0.1, 0.15) is 60.8 Å². The molecule has 70 valence electrons. The Morgan fingerprint density at radius 2 is 1.36 bits per heavy atom. The maximum atomic E-state index is 2.36. The summed E-state index contributed by atoms with van der Waals surface area (Å²) in [7, 11) is 0. The molecule has 0 saturated heterocycles. The van der Waals surface area contributed by atoms with Crippen molar-refractivity contribution in [3.8, 4) is 0 Å². The van der Waals surface area contributed by atoms with Crippen LogP contribution >= 0.6 is 0 Å². The first-order valence-electron chi connectivity index (χ1n) is 5.22. The van der Waals surface area contributed by atoms with Gasteiger partial charge in [-0.1, -0.05) is 60.8 Å².